The summed E-state index contributed by atoms with van der Waals surface area (Å²) in [6.45, 7) is 5.13. The van der Waals surface area contributed by atoms with Gasteiger partial charge in [0, 0.05) is 19.6 Å². The molecule has 0 radical (unpaired) electrons. The van der Waals surface area contributed by atoms with Crippen LogP contribution in [0.25, 0.3) is 0 Å². The number of carboxylic acids is 1. The fraction of sp³-hybridized carbons (Fsp3) is 0.929. The number of hydrogen-bond donors (Lipinski definition) is 2. The zero-order valence-electron chi connectivity index (χ0n) is 12.1. The summed E-state index contributed by atoms with van der Waals surface area (Å²) in [5, 5.41) is 12.8. The number of nitrogens with one attached hydrogen (secondary N) is 1. The molecule has 0 aromatic rings. The van der Waals surface area contributed by atoms with Crippen molar-refractivity contribution < 1.29 is 9.90 Å². The van der Waals surface area contributed by atoms with Gasteiger partial charge in [0.05, 0.1) is 5.92 Å². The Morgan fingerprint density at radius 1 is 1.32 bits per heavy atom. The maximum atomic E-state index is 11.4. The highest BCUT2D eigenvalue weighted by atomic mass is 16.4. The minimum atomic E-state index is -0.589. The van der Waals surface area contributed by atoms with Crippen LogP contribution in [0.2, 0.25) is 6.32 Å². The number of rotatable bonds is 6. The van der Waals surface area contributed by atoms with Crippen molar-refractivity contribution in [1.29, 1.82) is 0 Å². The van der Waals surface area contributed by atoms with E-state index in [9.17, 15) is 9.90 Å². The molecule has 2 aliphatic heterocycles. The first-order valence-electron chi connectivity index (χ1n) is 7.86. The van der Waals surface area contributed by atoms with Crippen LogP contribution in [0.15, 0.2) is 0 Å². The van der Waals surface area contributed by atoms with Crippen molar-refractivity contribution in [2.75, 3.05) is 32.7 Å². The lowest BCUT2D eigenvalue weighted by Crippen LogP contribution is -2.35. The highest BCUT2D eigenvalue weighted by Gasteiger charge is 2.37. The minimum Gasteiger partial charge on any atom is -0.481 e. The van der Waals surface area contributed by atoms with Gasteiger partial charge in [-0.25, -0.2) is 0 Å². The van der Waals surface area contributed by atoms with Gasteiger partial charge in [0.2, 0.25) is 0 Å². The van der Waals surface area contributed by atoms with Crippen molar-refractivity contribution >= 4 is 13.8 Å². The molecule has 2 saturated heterocycles. The molecule has 0 spiro atoms. The Morgan fingerprint density at radius 3 is 2.68 bits per heavy atom. The third-order valence-electron chi connectivity index (χ3n) is 4.74. The Kier molecular flexibility index (Phi) is 5.70. The molecule has 2 N–H and O–H groups in total. The van der Waals surface area contributed by atoms with Gasteiger partial charge in [-0.3, -0.25) is 4.79 Å². The Labute approximate surface area is 117 Å². The van der Waals surface area contributed by atoms with Gasteiger partial charge < -0.3 is 15.3 Å². The molecule has 0 amide bonds. The second-order valence-electron chi connectivity index (χ2n) is 6.26. The summed E-state index contributed by atoms with van der Waals surface area (Å²) in [5.41, 5.74) is 0. The summed E-state index contributed by atoms with van der Waals surface area (Å²) >= 11 is 0. The highest BCUT2D eigenvalue weighted by Crippen LogP contribution is 2.29. The van der Waals surface area contributed by atoms with Crippen LogP contribution in [-0.4, -0.2) is 56.5 Å². The molecule has 108 valence electrons. The van der Waals surface area contributed by atoms with Crippen LogP contribution in [0.4, 0.5) is 0 Å². The van der Waals surface area contributed by atoms with Crippen molar-refractivity contribution in [1.82, 2.24) is 10.2 Å². The van der Waals surface area contributed by atoms with E-state index in [1.165, 1.54) is 12.8 Å². The van der Waals surface area contributed by atoms with Crippen molar-refractivity contribution in [3.63, 3.8) is 0 Å². The van der Waals surface area contributed by atoms with E-state index in [1.807, 2.05) is 0 Å². The molecule has 0 bridgehead atoms. The number of hydrogen-bond acceptors (Lipinski definition) is 3. The summed E-state index contributed by atoms with van der Waals surface area (Å²) in [6, 6.07) is 0. The molecule has 5 heteroatoms. The van der Waals surface area contributed by atoms with Crippen molar-refractivity contribution in [2.45, 2.75) is 32.0 Å². The quantitative estimate of drug-likeness (QED) is 0.685. The zero-order valence-corrected chi connectivity index (χ0v) is 12.1. The molecule has 2 aliphatic rings. The number of carboxylic acid groups (broad SMARTS) is 1. The number of piperidine rings is 1. The molecule has 2 heterocycles. The third kappa shape index (κ3) is 4.21. The summed E-state index contributed by atoms with van der Waals surface area (Å²) in [4.78, 5) is 13.8. The maximum absolute atomic E-state index is 11.4. The van der Waals surface area contributed by atoms with Crippen LogP contribution in [0.3, 0.4) is 0 Å². The van der Waals surface area contributed by atoms with Crippen LogP contribution in [0, 0.1) is 17.8 Å². The van der Waals surface area contributed by atoms with Gasteiger partial charge in [0.15, 0.2) is 0 Å². The molecule has 0 unspecified atom stereocenters. The summed E-state index contributed by atoms with van der Waals surface area (Å²) in [5.74, 6) is 0.418. The molecule has 2 fully saturated rings. The molecule has 0 aromatic heterocycles. The van der Waals surface area contributed by atoms with Gasteiger partial charge in [0.25, 0.3) is 0 Å². The van der Waals surface area contributed by atoms with Crippen molar-refractivity contribution in [2.24, 2.45) is 17.8 Å². The molecule has 0 aliphatic carbocycles. The highest BCUT2D eigenvalue weighted by molar-refractivity contribution is 6.08. The lowest BCUT2D eigenvalue weighted by molar-refractivity contribution is -0.142. The summed E-state index contributed by atoms with van der Waals surface area (Å²) in [6.07, 6.45) is 5.89. The predicted octanol–water partition coefficient (Wildman–Crippen LogP) is 0.450. The lowest BCUT2D eigenvalue weighted by atomic mass is 9.88. The van der Waals surface area contributed by atoms with Gasteiger partial charge in [-0.05, 0) is 44.2 Å². The normalized spacial score (nSPS) is 29.7. The molecule has 0 saturated carbocycles. The summed E-state index contributed by atoms with van der Waals surface area (Å²) in [7, 11) is 2.18. The van der Waals surface area contributed by atoms with Crippen LogP contribution in [0.1, 0.15) is 25.7 Å². The Balaban J connectivity index is 1.83. The molecule has 2 atom stereocenters. The predicted molar refractivity (Wildman–Crippen MR) is 79.2 cm³/mol. The van der Waals surface area contributed by atoms with Gasteiger partial charge in [0.1, 0.15) is 7.85 Å². The zero-order chi connectivity index (χ0) is 13.7. The topological polar surface area (TPSA) is 52.6 Å². The first kappa shape index (κ1) is 14.9. The van der Waals surface area contributed by atoms with E-state index in [0.717, 1.165) is 57.8 Å². The molecule has 19 heavy (non-hydrogen) atoms. The Hall–Kier alpha value is -0.545. The van der Waals surface area contributed by atoms with Crippen molar-refractivity contribution in [3.05, 3.63) is 0 Å². The van der Waals surface area contributed by atoms with E-state index >= 15 is 0 Å². The van der Waals surface area contributed by atoms with Crippen LogP contribution in [-0.2, 0) is 4.79 Å². The van der Waals surface area contributed by atoms with E-state index in [0.29, 0.717) is 5.92 Å². The van der Waals surface area contributed by atoms with Gasteiger partial charge in [-0.15, -0.1) is 0 Å². The molecule has 4 nitrogen and oxygen atoms in total. The smallest absolute Gasteiger partial charge is 0.308 e. The number of carbonyl (C=O) groups is 1. The van der Waals surface area contributed by atoms with Crippen molar-refractivity contribution in [3.8, 4) is 0 Å². The SMILES string of the molecule is BCCC[C@H]1CN(CC2CCNCC2)C[C@H]1C(=O)O. The summed E-state index contributed by atoms with van der Waals surface area (Å²) < 4.78 is 0. The maximum Gasteiger partial charge on any atom is 0.308 e. The van der Waals surface area contributed by atoms with Gasteiger partial charge >= 0.3 is 5.97 Å². The number of nitrogens with zero attached hydrogens (tertiary/aromatic N) is 1. The third-order valence-corrected chi connectivity index (χ3v) is 4.74. The van der Waals surface area contributed by atoms with Crippen LogP contribution < -0.4 is 5.32 Å². The fourth-order valence-electron chi connectivity index (χ4n) is 3.58. The number of likely N-dealkylation sites (tertiary alicyclic amines) is 1. The monoisotopic (exact) mass is 266 g/mol. The second-order valence-corrected chi connectivity index (χ2v) is 6.26. The van der Waals surface area contributed by atoms with Gasteiger partial charge in [-0.1, -0.05) is 12.7 Å². The fourth-order valence-corrected chi connectivity index (χ4v) is 3.58. The van der Waals surface area contributed by atoms with Crippen LogP contribution in [0.5, 0.6) is 0 Å². The van der Waals surface area contributed by atoms with E-state index < -0.39 is 5.97 Å². The first-order valence-corrected chi connectivity index (χ1v) is 7.86. The van der Waals surface area contributed by atoms with E-state index in [4.69, 9.17) is 0 Å². The van der Waals surface area contributed by atoms with E-state index in [2.05, 4.69) is 18.1 Å². The van der Waals surface area contributed by atoms with E-state index in [1.54, 1.807) is 0 Å². The standard InChI is InChI=1S/C14H27BN2O2/c15-5-1-2-12-9-17(10-13(12)14(18)19)8-11-3-6-16-7-4-11/h11-13,16H,1-10,15H2,(H,18,19)/t12-,13+/m0/s1. The molecule has 0 aromatic carbocycles. The minimum absolute atomic E-state index is 0.131. The molecular weight excluding hydrogens is 239 g/mol. The first-order chi connectivity index (χ1) is 9.20. The average molecular weight is 266 g/mol. The second kappa shape index (κ2) is 7.29. The lowest BCUT2D eigenvalue weighted by Gasteiger charge is -2.27. The molecule has 2 rings (SSSR count). The van der Waals surface area contributed by atoms with E-state index in [-0.39, 0.29) is 5.92 Å². The largest absolute Gasteiger partial charge is 0.481 e. The Morgan fingerprint density at radius 2 is 2.05 bits per heavy atom. The average Bonchev–Trinajstić information content (AvgIpc) is 2.80. The van der Waals surface area contributed by atoms with Crippen LogP contribution >= 0.6 is 0 Å². The number of aliphatic carboxylic acids is 1. The Bertz CT molecular complexity index is 295. The van der Waals surface area contributed by atoms with Gasteiger partial charge in [-0.2, -0.15) is 0 Å². The molecular formula is C14H27BN2O2.